The van der Waals surface area contributed by atoms with E-state index in [0.29, 0.717) is 23.4 Å². The molecule has 2 aromatic rings. The molecule has 0 fully saturated rings. The summed E-state index contributed by atoms with van der Waals surface area (Å²) < 4.78 is 1.22. The number of aryl methyl sites for hydroxylation is 1. The monoisotopic (exact) mass is 317 g/mol. The maximum Gasteiger partial charge on any atom is 0.277 e. The first-order valence-corrected chi connectivity index (χ1v) is 7.83. The number of aromatic nitrogens is 3. The van der Waals surface area contributed by atoms with Gasteiger partial charge >= 0.3 is 0 Å². The fourth-order valence-corrected chi connectivity index (χ4v) is 2.46. The molecule has 3 N–H and O–H groups in total. The second-order valence-corrected chi connectivity index (χ2v) is 6.01. The van der Waals surface area contributed by atoms with Gasteiger partial charge in [-0.05, 0) is 24.5 Å². The molecule has 7 nitrogen and oxygen atoms in total. The van der Waals surface area contributed by atoms with Crippen molar-refractivity contribution in [2.24, 2.45) is 11.7 Å². The van der Waals surface area contributed by atoms with Crippen molar-refractivity contribution in [1.82, 2.24) is 20.3 Å². The molecule has 0 saturated carbocycles. The molecule has 0 aliphatic carbocycles. The highest BCUT2D eigenvalue weighted by molar-refractivity contribution is 5.77. The lowest BCUT2D eigenvalue weighted by Crippen LogP contribution is -2.41. The average molecular weight is 317 g/mol. The van der Waals surface area contributed by atoms with E-state index >= 15 is 0 Å². The Hall–Kier alpha value is -2.28. The Kier molecular flexibility index (Phi) is 5.81. The van der Waals surface area contributed by atoms with E-state index in [1.165, 1.54) is 4.68 Å². The first-order valence-electron chi connectivity index (χ1n) is 7.83. The summed E-state index contributed by atoms with van der Waals surface area (Å²) in [5.74, 6) is 0.320. The van der Waals surface area contributed by atoms with Crippen LogP contribution in [0.2, 0.25) is 0 Å². The predicted molar refractivity (Wildman–Crippen MR) is 88.9 cm³/mol. The van der Waals surface area contributed by atoms with Crippen molar-refractivity contribution in [3.05, 3.63) is 34.6 Å². The van der Waals surface area contributed by atoms with Gasteiger partial charge in [-0.3, -0.25) is 9.59 Å². The van der Waals surface area contributed by atoms with Crippen LogP contribution in [0.25, 0.3) is 10.9 Å². The molecule has 1 aromatic carbocycles. The topological polar surface area (TPSA) is 103 Å². The van der Waals surface area contributed by atoms with Crippen LogP contribution < -0.4 is 16.6 Å². The summed E-state index contributed by atoms with van der Waals surface area (Å²) in [6.45, 7) is 4.76. The van der Waals surface area contributed by atoms with Gasteiger partial charge in [0.1, 0.15) is 5.52 Å². The van der Waals surface area contributed by atoms with Gasteiger partial charge in [0.15, 0.2) is 0 Å². The standard InChI is InChI=1S/C16H23N5O2/c1-11(2)9-12(10-17)18-15(22)7-8-21-16(23)13-5-3-4-6-14(13)19-20-21/h3-6,11-12H,7-10,17H2,1-2H3,(H,18,22). The number of nitrogens with zero attached hydrogens (tertiary/aromatic N) is 3. The Morgan fingerprint density at radius 2 is 2.09 bits per heavy atom. The van der Waals surface area contributed by atoms with Gasteiger partial charge in [0, 0.05) is 19.0 Å². The second kappa shape index (κ2) is 7.82. The highest BCUT2D eigenvalue weighted by Gasteiger charge is 2.13. The van der Waals surface area contributed by atoms with E-state index in [4.69, 9.17) is 5.73 Å². The number of hydrogen-bond acceptors (Lipinski definition) is 5. The van der Waals surface area contributed by atoms with E-state index in [9.17, 15) is 9.59 Å². The minimum atomic E-state index is -0.235. The molecular formula is C16H23N5O2. The van der Waals surface area contributed by atoms with Crippen LogP contribution in [0.15, 0.2) is 29.1 Å². The van der Waals surface area contributed by atoms with Gasteiger partial charge in [0.2, 0.25) is 5.91 Å². The van der Waals surface area contributed by atoms with Crippen molar-refractivity contribution in [1.29, 1.82) is 0 Å². The Morgan fingerprint density at radius 3 is 2.78 bits per heavy atom. The fraction of sp³-hybridized carbons (Fsp3) is 0.500. The molecule has 23 heavy (non-hydrogen) atoms. The summed E-state index contributed by atoms with van der Waals surface area (Å²) in [4.78, 5) is 24.3. The molecule has 124 valence electrons. The van der Waals surface area contributed by atoms with E-state index in [1.807, 2.05) is 0 Å². The Labute approximate surface area is 134 Å². The first kappa shape index (κ1) is 17.1. The Balaban J connectivity index is 1.99. The van der Waals surface area contributed by atoms with Crippen LogP contribution in [0.3, 0.4) is 0 Å². The van der Waals surface area contributed by atoms with Gasteiger partial charge in [0.05, 0.1) is 11.9 Å². The molecule has 0 saturated heterocycles. The smallest absolute Gasteiger partial charge is 0.277 e. The molecule has 1 amide bonds. The van der Waals surface area contributed by atoms with Gasteiger partial charge in [0.25, 0.3) is 5.56 Å². The van der Waals surface area contributed by atoms with E-state index in [2.05, 4.69) is 29.5 Å². The third-order valence-electron chi connectivity index (χ3n) is 3.59. The number of nitrogens with one attached hydrogen (secondary N) is 1. The number of rotatable bonds is 7. The summed E-state index contributed by atoms with van der Waals surface area (Å²) >= 11 is 0. The van der Waals surface area contributed by atoms with Crippen molar-refractivity contribution in [3.63, 3.8) is 0 Å². The zero-order chi connectivity index (χ0) is 16.8. The highest BCUT2D eigenvalue weighted by atomic mass is 16.2. The minimum Gasteiger partial charge on any atom is -0.352 e. The maximum absolute atomic E-state index is 12.3. The van der Waals surface area contributed by atoms with Crippen LogP contribution in [0, 0.1) is 5.92 Å². The summed E-state index contributed by atoms with van der Waals surface area (Å²) in [7, 11) is 0. The Bertz CT molecular complexity index is 726. The molecule has 1 aromatic heterocycles. The lowest BCUT2D eigenvalue weighted by molar-refractivity contribution is -0.122. The molecule has 1 atom stereocenters. The molecule has 0 aliphatic heterocycles. The summed E-state index contributed by atoms with van der Waals surface area (Å²) in [5.41, 5.74) is 5.99. The molecular weight excluding hydrogens is 294 g/mol. The van der Waals surface area contributed by atoms with Crippen molar-refractivity contribution in [3.8, 4) is 0 Å². The van der Waals surface area contributed by atoms with Gasteiger partial charge in [-0.1, -0.05) is 31.2 Å². The lowest BCUT2D eigenvalue weighted by Gasteiger charge is -2.18. The predicted octanol–water partition coefficient (Wildman–Crippen LogP) is 0.671. The van der Waals surface area contributed by atoms with E-state index in [1.54, 1.807) is 24.3 Å². The van der Waals surface area contributed by atoms with Crippen molar-refractivity contribution < 1.29 is 4.79 Å². The molecule has 0 bridgehead atoms. The normalized spacial score (nSPS) is 12.5. The quantitative estimate of drug-likeness (QED) is 0.781. The largest absolute Gasteiger partial charge is 0.352 e. The van der Waals surface area contributed by atoms with E-state index < -0.39 is 0 Å². The van der Waals surface area contributed by atoms with Crippen LogP contribution in [0.5, 0.6) is 0 Å². The molecule has 0 spiro atoms. The van der Waals surface area contributed by atoms with Crippen LogP contribution >= 0.6 is 0 Å². The van der Waals surface area contributed by atoms with Crippen LogP contribution in [0.1, 0.15) is 26.7 Å². The molecule has 0 radical (unpaired) electrons. The van der Waals surface area contributed by atoms with E-state index in [-0.39, 0.29) is 30.5 Å². The summed E-state index contributed by atoms with van der Waals surface area (Å²) in [5, 5.41) is 11.3. The fourth-order valence-electron chi connectivity index (χ4n) is 2.46. The van der Waals surface area contributed by atoms with Gasteiger partial charge in [-0.25, -0.2) is 4.68 Å². The molecule has 7 heteroatoms. The van der Waals surface area contributed by atoms with Crippen LogP contribution in [0.4, 0.5) is 0 Å². The number of nitrogens with two attached hydrogens (primary N) is 1. The zero-order valence-electron chi connectivity index (χ0n) is 13.5. The molecule has 1 unspecified atom stereocenters. The maximum atomic E-state index is 12.3. The number of hydrogen-bond donors (Lipinski definition) is 2. The minimum absolute atomic E-state index is 0.0399. The molecule has 2 rings (SSSR count). The van der Waals surface area contributed by atoms with Crippen LogP contribution in [-0.2, 0) is 11.3 Å². The van der Waals surface area contributed by atoms with Crippen LogP contribution in [-0.4, -0.2) is 33.5 Å². The second-order valence-electron chi connectivity index (χ2n) is 6.01. The lowest BCUT2D eigenvalue weighted by atomic mass is 10.0. The van der Waals surface area contributed by atoms with Gasteiger partial charge < -0.3 is 11.1 Å². The number of fused-ring (bicyclic) bond motifs is 1. The van der Waals surface area contributed by atoms with E-state index in [0.717, 1.165) is 6.42 Å². The zero-order valence-corrected chi connectivity index (χ0v) is 13.5. The number of benzene rings is 1. The molecule has 0 aliphatic rings. The number of carbonyl (C=O) groups is 1. The van der Waals surface area contributed by atoms with Crippen molar-refractivity contribution >= 4 is 16.8 Å². The number of carbonyl (C=O) groups excluding carboxylic acids is 1. The molecule has 1 heterocycles. The van der Waals surface area contributed by atoms with Gasteiger partial charge in [-0.15, -0.1) is 5.10 Å². The van der Waals surface area contributed by atoms with Crippen molar-refractivity contribution in [2.45, 2.75) is 39.3 Å². The third kappa shape index (κ3) is 4.59. The summed E-state index contributed by atoms with van der Waals surface area (Å²) in [6, 6.07) is 6.98. The average Bonchev–Trinajstić information content (AvgIpc) is 2.53. The summed E-state index contributed by atoms with van der Waals surface area (Å²) in [6.07, 6.45) is 0.999. The number of amides is 1. The first-order chi connectivity index (χ1) is 11.0. The SMILES string of the molecule is CC(C)CC(CN)NC(=O)CCn1nnc2ccccc2c1=O. The Morgan fingerprint density at radius 1 is 1.35 bits per heavy atom. The highest BCUT2D eigenvalue weighted by Crippen LogP contribution is 2.05. The van der Waals surface area contributed by atoms with Crippen molar-refractivity contribution in [2.75, 3.05) is 6.54 Å². The van der Waals surface area contributed by atoms with Gasteiger partial charge in [-0.2, -0.15) is 0 Å². The third-order valence-corrected chi connectivity index (χ3v) is 3.59.